The van der Waals surface area contributed by atoms with E-state index in [9.17, 15) is 9.59 Å². The Morgan fingerprint density at radius 2 is 2.19 bits per heavy atom. The second-order valence-electron chi connectivity index (χ2n) is 6.16. The van der Waals surface area contributed by atoms with E-state index in [4.69, 9.17) is 9.47 Å². The molecule has 3 heterocycles. The topological polar surface area (TPSA) is 120 Å². The normalized spacial score (nSPS) is 18.3. The Labute approximate surface area is 149 Å². The van der Waals surface area contributed by atoms with Crippen LogP contribution in [0.2, 0.25) is 0 Å². The first-order valence-electron chi connectivity index (χ1n) is 8.48. The molecule has 1 atom stereocenters. The first-order chi connectivity index (χ1) is 12.6. The van der Waals surface area contributed by atoms with E-state index in [-0.39, 0.29) is 17.4 Å². The Balaban J connectivity index is 1.64. The zero-order chi connectivity index (χ0) is 18.5. The van der Waals surface area contributed by atoms with Gasteiger partial charge in [0.15, 0.2) is 5.82 Å². The molecule has 1 aliphatic heterocycles. The number of hydrogen-bond donors (Lipinski definition) is 1. The van der Waals surface area contributed by atoms with Gasteiger partial charge in [-0.1, -0.05) is 0 Å². The largest absolute Gasteiger partial charge is 0.383 e. The number of morpholine rings is 1. The number of methoxy groups -OCH3 is 1. The maximum absolute atomic E-state index is 12.0. The highest BCUT2D eigenvalue weighted by atomic mass is 16.5. The van der Waals surface area contributed by atoms with Crippen LogP contribution in [0.4, 0.5) is 0 Å². The highest BCUT2D eigenvalue weighted by molar-refractivity contribution is 4.96. The molecule has 142 valence electrons. The number of tetrazole rings is 1. The molecule has 2 aromatic rings. The summed E-state index contributed by atoms with van der Waals surface area (Å²) in [7, 11) is 1.62. The zero-order valence-electron chi connectivity index (χ0n) is 14.9. The van der Waals surface area contributed by atoms with Crippen molar-refractivity contribution in [1.82, 2.24) is 34.7 Å². The number of aryl methyl sites for hydroxylation is 1. The fraction of sp³-hybridized carbons (Fsp3) is 0.667. The second kappa shape index (κ2) is 8.34. The van der Waals surface area contributed by atoms with Crippen molar-refractivity contribution < 1.29 is 9.47 Å². The minimum Gasteiger partial charge on any atom is -0.383 e. The lowest BCUT2D eigenvalue weighted by Crippen LogP contribution is -2.44. The summed E-state index contributed by atoms with van der Waals surface area (Å²) in [5, 5.41) is 11.8. The lowest BCUT2D eigenvalue weighted by molar-refractivity contribution is -0.0378. The predicted molar refractivity (Wildman–Crippen MR) is 90.9 cm³/mol. The molecule has 26 heavy (non-hydrogen) atoms. The van der Waals surface area contributed by atoms with Crippen LogP contribution in [0, 0.1) is 6.92 Å². The van der Waals surface area contributed by atoms with Crippen molar-refractivity contribution in [1.29, 1.82) is 0 Å². The summed E-state index contributed by atoms with van der Waals surface area (Å²) in [6, 6.07) is 1.42. The number of aromatic amines is 1. The standard InChI is InChI=1S/C15H23N7O4/c1-11-9-13(23)21(15(24)16-11)4-3-20-5-8-26-12(10-20)14-17-18-19-22(14)6-7-25-2/h9,12H,3-8,10H2,1-2H3,(H,16,24). The molecule has 0 amide bonds. The molecule has 3 rings (SSSR count). The summed E-state index contributed by atoms with van der Waals surface area (Å²) in [4.78, 5) is 28.7. The first-order valence-corrected chi connectivity index (χ1v) is 8.48. The van der Waals surface area contributed by atoms with Crippen molar-refractivity contribution in [3.05, 3.63) is 38.4 Å². The Bertz CT molecular complexity index is 812. The molecule has 1 unspecified atom stereocenters. The van der Waals surface area contributed by atoms with Crippen molar-refractivity contribution in [3.8, 4) is 0 Å². The van der Waals surface area contributed by atoms with Gasteiger partial charge >= 0.3 is 5.69 Å². The second-order valence-corrected chi connectivity index (χ2v) is 6.16. The van der Waals surface area contributed by atoms with Crippen molar-refractivity contribution in [3.63, 3.8) is 0 Å². The molecule has 0 radical (unpaired) electrons. The number of H-pyrrole nitrogens is 1. The summed E-state index contributed by atoms with van der Waals surface area (Å²) in [6.45, 7) is 5.46. The van der Waals surface area contributed by atoms with Gasteiger partial charge in [0.05, 0.1) is 19.8 Å². The molecule has 0 spiro atoms. The van der Waals surface area contributed by atoms with E-state index in [1.54, 1.807) is 18.7 Å². The van der Waals surface area contributed by atoms with Crippen LogP contribution in [0.25, 0.3) is 0 Å². The van der Waals surface area contributed by atoms with E-state index >= 15 is 0 Å². The van der Waals surface area contributed by atoms with Crippen molar-refractivity contribution in [2.24, 2.45) is 0 Å². The van der Waals surface area contributed by atoms with Crippen LogP contribution < -0.4 is 11.2 Å². The minimum atomic E-state index is -0.386. The SMILES string of the molecule is COCCn1nnnc1C1CN(CCn2c(=O)cc(C)[nH]c2=O)CCO1. The highest BCUT2D eigenvalue weighted by Crippen LogP contribution is 2.19. The van der Waals surface area contributed by atoms with Gasteiger partial charge in [-0.2, -0.15) is 0 Å². The molecule has 0 aromatic carbocycles. The smallest absolute Gasteiger partial charge is 0.328 e. The molecule has 0 bridgehead atoms. The summed E-state index contributed by atoms with van der Waals surface area (Å²) in [5.41, 5.74) is -0.117. The third-order valence-electron chi connectivity index (χ3n) is 4.30. The van der Waals surface area contributed by atoms with Gasteiger partial charge < -0.3 is 14.5 Å². The van der Waals surface area contributed by atoms with E-state index in [1.165, 1.54) is 10.6 Å². The van der Waals surface area contributed by atoms with Gasteiger partial charge in [-0.3, -0.25) is 14.3 Å². The lowest BCUT2D eigenvalue weighted by Gasteiger charge is -2.32. The van der Waals surface area contributed by atoms with Crippen molar-refractivity contribution in [2.75, 3.05) is 40.0 Å². The predicted octanol–water partition coefficient (Wildman–Crippen LogP) is -1.45. The molecule has 0 aliphatic carbocycles. The molecule has 1 saturated heterocycles. The van der Waals surface area contributed by atoms with Crippen LogP contribution >= 0.6 is 0 Å². The van der Waals surface area contributed by atoms with Gasteiger partial charge in [0, 0.05) is 45.0 Å². The molecule has 11 nitrogen and oxygen atoms in total. The van der Waals surface area contributed by atoms with Gasteiger partial charge in [-0.15, -0.1) is 5.10 Å². The first kappa shape index (κ1) is 18.4. The zero-order valence-corrected chi connectivity index (χ0v) is 14.9. The number of hydrogen-bond acceptors (Lipinski definition) is 8. The maximum atomic E-state index is 12.0. The number of nitrogens with zero attached hydrogens (tertiary/aromatic N) is 6. The van der Waals surface area contributed by atoms with Crippen molar-refractivity contribution in [2.45, 2.75) is 26.1 Å². The summed E-state index contributed by atoms with van der Waals surface area (Å²) < 4.78 is 13.8. The van der Waals surface area contributed by atoms with Gasteiger partial charge in [0.1, 0.15) is 6.10 Å². The van der Waals surface area contributed by atoms with Gasteiger partial charge in [0.25, 0.3) is 5.56 Å². The molecule has 2 aromatic heterocycles. The molecule has 1 fully saturated rings. The van der Waals surface area contributed by atoms with E-state index in [0.717, 1.165) is 0 Å². The lowest BCUT2D eigenvalue weighted by atomic mass is 10.2. The monoisotopic (exact) mass is 365 g/mol. The van der Waals surface area contributed by atoms with Crippen molar-refractivity contribution >= 4 is 0 Å². The summed E-state index contributed by atoms with van der Waals surface area (Å²) >= 11 is 0. The average molecular weight is 365 g/mol. The van der Waals surface area contributed by atoms with Crippen LogP contribution in [-0.4, -0.2) is 74.6 Å². The maximum Gasteiger partial charge on any atom is 0.328 e. The van der Waals surface area contributed by atoms with Gasteiger partial charge in [-0.25, -0.2) is 9.48 Å². The summed E-state index contributed by atoms with van der Waals surface area (Å²) in [5.74, 6) is 0.650. The van der Waals surface area contributed by atoms with Gasteiger partial charge in [0.2, 0.25) is 0 Å². The van der Waals surface area contributed by atoms with E-state index < -0.39 is 0 Å². The quantitative estimate of drug-likeness (QED) is 0.633. The third-order valence-corrected chi connectivity index (χ3v) is 4.30. The number of ether oxygens (including phenoxy) is 2. The Hall–Kier alpha value is -2.37. The van der Waals surface area contributed by atoms with Crippen LogP contribution in [0.15, 0.2) is 15.7 Å². The van der Waals surface area contributed by atoms with E-state index in [1.807, 2.05) is 0 Å². The number of rotatable bonds is 7. The van der Waals surface area contributed by atoms with Crippen LogP contribution in [-0.2, 0) is 22.6 Å². The Morgan fingerprint density at radius 3 is 2.96 bits per heavy atom. The molecule has 11 heteroatoms. The molecule has 1 aliphatic rings. The third kappa shape index (κ3) is 4.23. The van der Waals surface area contributed by atoms with Crippen LogP contribution in [0.1, 0.15) is 17.6 Å². The Morgan fingerprint density at radius 1 is 1.35 bits per heavy atom. The number of nitrogens with one attached hydrogen (secondary N) is 1. The number of aromatic nitrogens is 6. The van der Waals surface area contributed by atoms with Crippen LogP contribution in [0.3, 0.4) is 0 Å². The fourth-order valence-electron chi connectivity index (χ4n) is 2.93. The minimum absolute atomic E-state index is 0.261. The average Bonchev–Trinajstić information content (AvgIpc) is 3.08. The Kier molecular flexibility index (Phi) is 5.91. The van der Waals surface area contributed by atoms with E-state index in [2.05, 4.69) is 25.4 Å². The summed E-state index contributed by atoms with van der Waals surface area (Å²) in [6.07, 6.45) is -0.261. The van der Waals surface area contributed by atoms with E-state index in [0.29, 0.717) is 57.5 Å². The molecular weight excluding hydrogens is 342 g/mol. The highest BCUT2D eigenvalue weighted by Gasteiger charge is 2.26. The molecular formula is C15H23N7O4. The van der Waals surface area contributed by atoms with Gasteiger partial charge in [-0.05, 0) is 17.4 Å². The van der Waals surface area contributed by atoms with Crippen LogP contribution in [0.5, 0.6) is 0 Å². The molecule has 0 saturated carbocycles. The molecule has 1 N–H and O–H groups in total. The fourth-order valence-corrected chi connectivity index (χ4v) is 2.93.